The summed E-state index contributed by atoms with van der Waals surface area (Å²) in [5.74, 6) is 0.740. The zero-order valence-electron chi connectivity index (χ0n) is 9.30. The number of methoxy groups -OCH3 is 1. The summed E-state index contributed by atoms with van der Waals surface area (Å²) < 4.78 is 15.1. The second-order valence-electron chi connectivity index (χ2n) is 3.61. The van der Waals surface area contributed by atoms with Gasteiger partial charge in [0.15, 0.2) is 11.5 Å². The highest BCUT2D eigenvalue weighted by atomic mass is 16.6. The van der Waals surface area contributed by atoms with Crippen LogP contribution in [0.5, 0.6) is 11.5 Å². The number of benzene rings is 1. The number of epoxide rings is 1. The Morgan fingerprint density at radius 2 is 2.41 bits per heavy atom. The van der Waals surface area contributed by atoms with Crippen molar-refractivity contribution in [2.45, 2.75) is 12.5 Å². The molecule has 0 N–H and O–H groups in total. The van der Waals surface area contributed by atoms with E-state index >= 15 is 0 Å². The van der Waals surface area contributed by atoms with E-state index in [4.69, 9.17) is 19.5 Å². The highest BCUT2D eigenvalue weighted by molar-refractivity contribution is 5.59. The Morgan fingerprint density at radius 3 is 2.94 bits per heavy atom. The van der Waals surface area contributed by atoms with Crippen molar-refractivity contribution in [2.24, 2.45) is 0 Å². The van der Waals surface area contributed by atoms with Crippen molar-refractivity contribution < 1.29 is 19.0 Å². The molecule has 0 spiro atoms. The summed E-state index contributed by atoms with van der Waals surface area (Å²) in [5, 5.41) is 9.03. The minimum Gasteiger partial charge on any atom is -0.493 e. The van der Waals surface area contributed by atoms with Gasteiger partial charge in [-0.3, -0.25) is 4.79 Å². The monoisotopic (exact) mass is 233 g/mol. The molecule has 1 aromatic carbocycles. The van der Waals surface area contributed by atoms with Gasteiger partial charge in [0.25, 0.3) is 6.47 Å². The lowest BCUT2D eigenvalue weighted by molar-refractivity contribution is -0.120. The van der Waals surface area contributed by atoms with Gasteiger partial charge in [-0.05, 0) is 12.1 Å². The maximum absolute atomic E-state index is 10.5. The zero-order valence-corrected chi connectivity index (χ0v) is 9.30. The third-order valence-corrected chi connectivity index (χ3v) is 2.56. The summed E-state index contributed by atoms with van der Waals surface area (Å²) in [5.41, 5.74) is 1.12. The lowest BCUT2D eigenvalue weighted by atomic mass is 10.0. The molecule has 1 atom stereocenters. The van der Waals surface area contributed by atoms with Crippen LogP contribution >= 0.6 is 0 Å². The number of hydrogen-bond donors (Lipinski definition) is 0. The average Bonchev–Trinajstić information content (AvgIpc) is 3.15. The quantitative estimate of drug-likeness (QED) is 0.561. The van der Waals surface area contributed by atoms with Crippen LogP contribution in [-0.2, 0) is 16.0 Å². The third kappa shape index (κ3) is 2.37. The van der Waals surface area contributed by atoms with Gasteiger partial charge in [0.1, 0.15) is 0 Å². The van der Waals surface area contributed by atoms with Crippen LogP contribution in [0.1, 0.15) is 11.1 Å². The van der Waals surface area contributed by atoms with Crippen LogP contribution in [0.4, 0.5) is 0 Å². The summed E-state index contributed by atoms with van der Waals surface area (Å²) in [6.45, 7) is 0.999. The molecule has 1 fully saturated rings. The Morgan fingerprint density at radius 1 is 1.65 bits per heavy atom. The van der Waals surface area contributed by atoms with Crippen LogP contribution < -0.4 is 9.47 Å². The third-order valence-electron chi connectivity index (χ3n) is 2.56. The first-order valence-electron chi connectivity index (χ1n) is 5.12. The summed E-state index contributed by atoms with van der Waals surface area (Å²) in [7, 11) is 1.48. The molecule has 17 heavy (non-hydrogen) atoms. The first kappa shape index (κ1) is 11.4. The predicted molar refractivity (Wildman–Crippen MR) is 57.8 cm³/mol. The number of carbonyl (C=O) groups excluding carboxylic acids is 1. The van der Waals surface area contributed by atoms with E-state index in [1.54, 1.807) is 12.1 Å². The van der Waals surface area contributed by atoms with Crippen molar-refractivity contribution in [1.29, 1.82) is 5.26 Å². The molecule has 0 amide bonds. The summed E-state index contributed by atoms with van der Waals surface area (Å²) >= 11 is 0. The predicted octanol–water partition coefficient (Wildman–Crippen LogP) is 1.04. The fraction of sp³-hybridized carbons (Fsp3) is 0.333. The molecule has 88 valence electrons. The van der Waals surface area contributed by atoms with Crippen molar-refractivity contribution in [2.75, 3.05) is 13.7 Å². The molecule has 0 aromatic heterocycles. The Hall–Kier alpha value is -2.06. The highest BCUT2D eigenvalue weighted by Gasteiger charge is 2.27. The van der Waals surface area contributed by atoms with Crippen molar-refractivity contribution in [3.05, 3.63) is 23.3 Å². The minimum atomic E-state index is 0.100. The molecule has 5 nitrogen and oxygen atoms in total. The van der Waals surface area contributed by atoms with Crippen LogP contribution in [0.25, 0.3) is 0 Å². The molecular formula is C12H11NO4. The molecule has 1 aromatic rings. The number of rotatable bonds is 5. The molecule has 1 aliphatic rings. The second kappa shape index (κ2) is 4.85. The van der Waals surface area contributed by atoms with E-state index in [0.29, 0.717) is 42.1 Å². The Kier molecular flexibility index (Phi) is 3.26. The molecule has 5 heteroatoms. The molecule has 0 bridgehead atoms. The Balaban J connectivity index is 2.46. The molecule has 1 heterocycles. The van der Waals surface area contributed by atoms with Crippen LogP contribution in [0.3, 0.4) is 0 Å². The fourth-order valence-electron chi connectivity index (χ4n) is 1.67. The smallest absolute Gasteiger partial charge is 0.298 e. The summed E-state index contributed by atoms with van der Waals surface area (Å²) in [4.78, 5) is 10.5. The van der Waals surface area contributed by atoms with E-state index in [1.165, 1.54) is 7.11 Å². The molecule has 0 radical (unpaired) electrons. The maximum Gasteiger partial charge on any atom is 0.298 e. The largest absolute Gasteiger partial charge is 0.493 e. The zero-order chi connectivity index (χ0) is 12.3. The van der Waals surface area contributed by atoms with Gasteiger partial charge >= 0.3 is 0 Å². The maximum atomic E-state index is 10.5. The summed E-state index contributed by atoms with van der Waals surface area (Å²) in [6.07, 6.45) is 0.645. The second-order valence-corrected chi connectivity index (χ2v) is 3.61. The lowest BCUT2D eigenvalue weighted by Crippen LogP contribution is -2.04. The van der Waals surface area contributed by atoms with Gasteiger partial charge in [-0.2, -0.15) is 5.26 Å². The normalized spacial score (nSPS) is 17.1. The van der Waals surface area contributed by atoms with Crippen LogP contribution in [0.2, 0.25) is 0 Å². The molecule has 1 aliphatic heterocycles. The first-order chi connectivity index (χ1) is 8.30. The minimum absolute atomic E-state index is 0.100. The lowest BCUT2D eigenvalue weighted by Gasteiger charge is -2.12. The first-order valence-corrected chi connectivity index (χ1v) is 5.12. The molecule has 1 saturated heterocycles. The van der Waals surface area contributed by atoms with Gasteiger partial charge in [0.05, 0.1) is 31.5 Å². The summed E-state index contributed by atoms with van der Waals surface area (Å²) in [6, 6.07) is 5.32. The van der Waals surface area contributed by atoms with Crippen molar-refractivity contribution in [3.63, 3.8) is 0 Å². The molecule has 1 unspecified atom stereocenters. The number of hydrogen-bond acceptors (Lipinski definition) is 5. The molecule has 0 aliphatic carbocycles. The van der Waals surface area contributed by atoms with Crippen LogP contribution in [0.15, 0.2) is 12.1 Å². The Labute approximate surface area is 98.5 Å². The van der Waals surface area contributed by atoms with Gasteiger partial charge < -0.3 is 14.2 Å². The topological polar surface area (TPSA) is 71.8 Å². The van der Waals surface area contributed by atoms with Gasteiger partial charge in [0.2, 0.25) is 0 Å². The average molecular weight is 233 g/mol. The van der Waals surface area contributed by atoms with Crippen LogP contribution in [-0.4, -0.2) is 26.3 Å². The van der Waals surface area contributed by atoms with Gasteiger partial charge in [-0.1, -0.05) is 0 Å². The number of ether oxygens (including phenoxy) is 3. The van der Waals surface area contributed by atoms with E-state index < -0.39 is 0 Å². The van der Waals surface area contributed by atoms with Crippen molar-refractivity contribution >= 4 is 6.47 Å². The number of nitrogens with zero attached hydrogens (tertiary/aromatic N) is 1. The van der Waals surface area contributed by atoms with Gasteiger partial charge in [-0.25, -0.2) is 0 Å². The Bertz CT molecular complexity index is 474. The van der Waals surface area contributed by atoms with E-state index in [2.05, 4.69) is 6.07 Å². The van der Waals surface area contributed by atoms with Crippen LogP contribution in [0, 0.1) is 11.3 Å². The highest BCUT2D eigenvalue weighted by Crippen LogP contribution is 2.35. The molecule has 2 rings (SSSR count). The van der Waals surface area contributed by atoms with E-state index in [0.717, 1.165) is 0 Å². The van der Waals surface area contributed by atoms with Crippen molar-refractivity contribution in [1.82, 2.24) is 0 Å². The van der Waals surface area contributed by atoms with Crippen molar-refractivity contribution in [3.8, 4) is 17.6 Å². The van der Waals surface area contributed by atoms with Gasteiger partial charge in [-0.15, -0.1) is 0 Å². The van der Waals surface area contributed by atoms with Gasteiger partial charge in [0, 0.05) is 12.0 Å². The number of carbonyl (C=O) groups is 1. The molecular weight excluding hydrogens is 222 g/mol. The fourth-order valence-corrected chi connectivity index (χ4v) is 1.67. The SMILES string of the molecule is COc1ccc(C#N)c(CC2CO2)c1OC=O. The molecule has 0 saturated carbocycles. The van der Waals surface area contributed by atoms with E-state index in [9.17, 15) is 4.79 Å². The standard InChI is InChI=1S/C12H11NO4/c1-15-11-3-2-8(5-13)10(4-9-6-16-9)12(11)17-7-14/h2-3,7,9H,4,6H2,1H3. The van der Waals surface area contributed by atoms with E-state index in [-0.39, 0.29) is 6.10 Å². The number of nitriles is 1. The van der Waals surface area contributed by atoms with E-state index in [1.807, 2.05) is 0 Å².